The Bertz CT molecular complexity index is 541. The van der Waals surface area contributed by atoms with Crippen molar-refractivity contribution in [2.24, 2.45) is 0 Å². The van der Waals surface area contributed by atoms with Crippen molar-refractivity contribution >= 4 is 11.0 Å². The van der Waals surface area contributed by atoms with E-state index in [-0.39, 0.29) is 11.7 Å². The van der Waals surface area contributed by atoms with Crippen LogP contribution in [-0.2, 0) is 0 Å². The van der Waals surface area contributed by atoms with Gasteiger partial charge < -0.3 is 10.3 Å². The van der Waals surface area contributed by atoms with Crippen LogP contribution in [0.2, 0.25) is 0 Å². The minimum atomic E-state index is -0.00541. The summed E-state index contributed by atoms with van der Waals surface area (Å²) < 4.78 is 1.88. The van der Waals surface area contributed by atoms with Crippen molar-refractivity contribution < 1.29 is 0 Å². The lowest BCUT2D eigenvalue weighted by molar-refractivity contribution is 0.445. The number of hydrogen-bond acceptors (Lipinski definition) is 2. The fraction of sp³-hybridized carbons (Fsp3) is 0.462. The number of nitrogens with one attached hydrogen (secondary N) is 2. The fourth-order valence-electron chi connectivity index (χ4n) is 2.26. The molecule has 2 N–H and O–H groups in total. The van der Waals surface area contributed by atoms with Gasteiger partial charge in [-0.15, -0.1) is 0 Å². The third kappa shape index (κ3) is 2.26. The summed E-state index contributed by atoms with van der Waals surface area (Å²) in [4.78, 5) is 14.9. The van der Waals surface area contributed by atoms with Crippen LogP contribution in [0.25, 0.3) is 11.0 Å². The highest BCUT2D eigenvalue weighted by atomic mass is 16.1. The monoisotopic (exact) mass is 233 g/mol. The van der Waals surface area contributed by atoms with Gasteiger partial charge in [0.15, 0.2) is 0 Å². The van der Waals surface area contributed by atoms with Crippen molar-refractivity contribution in [3.63, 3.8) is 0 Å². The summed E-state index contributed by atoms with van der Waals surface area (Å²) in [6.07, 6.45) is 1.93. The molecule has 1 atom stereocenters. The lowest BCUT2D eigenvalue weighted by atomic mass is 10.1. The lowest BCUT2D eigenvalue weighted by Crippen LogP contribution is -2.24. The van der Waals surface area contributed by atoms with Crippen molar-refractivity contribution in [3.05, 3.63) is 34.7 Å². The van der Waals surface area contributed by atoms with Crippen LogP contribution in [0.3, 0.4) is 0 Å². The SMILES string of the molecule is CCC(CCNC)n1c(=O)[nH]c2ccccc21. The first-order valence-corrected chi connectivity index (χ1v) is 6.11. The van der Waals surface area contributed by atoms with Gasteiger partial charge in [-0.1, -0.05) is 19.1 Å². The van der Waals surface area contributed by atoms with Gasteiger partial charge in [0, 0.05) is 6.04 Å². The van der Waals surface area contributed by atoms with Gasteiger partial charge in [-0.3, -0.25) is 4.57 Å². The average Bonchev–Trinajstić information content (AvgIpc) is 2.67. The summed E-state index contributed by atoms with van der Waals surface area (Å²) in [6.45, 7) is 3.04. The molecule has 1 aromatic heterocycles. The van der Waals surface area contributed by atoms with Crippen molar-refractivity contribution in [1.82, 2.24) is 14.9 Å². The van der Waals surface area contributed by atoms with Gasteiger partial charge in [0.1, 0.15) is 0 Å². The van der Waals surface area contributed by atoms with Gasteiger partial charge in [0.2, 0.25) is 0 Å². The molecule has 0 amide bonds. The molecule has 1 heterocycles. The Morgan fingerprint density at radius 1 is 1.41 bits per heavy atom. The van der Waals surface area contributed by atoms with Crippen molar-refractivity contribution in [2.45, 2.75) is 25.8 Å². The molecule has 2 rings (SSSR count). The molecule has 2 aromatic rings. The first-order valence-electron chi connectivity index (χ1n) is 6.11. The number of H-pyrrole nitrogens is 1. The molecule has 4 heteroatoms. The van der Waals surface area contributed by atoms with E-state index in [0.717, 1.165) is 30.4 Å². The van der Waals surface area contributed by atoms with E-state index in [1.54, 1.807) is 0 Å². The standard InChI is InChI=1S/C13H19N3O/c1-3-10(8-9-14-2)16-12-7-5-4-6-11(12)15-13(16)17/h4-7,10,14H,3,8-9H2,1-2H3,(H,15,17). The zero-order valence-electron chi connectivity index (χ0n) is 10.4. The van der Waals surface area contributed by atoms with Crippen molar-refractivity contribution in [3.8, 4) is 0 Å². The molecule has 1 aromatic carbocycles. The molecular formula is C13H19N3O. The largest absolute Gasteiger partial charge is 0.326 e. The third-order valence-corrected chi connectivity index (χ3v) is 3.19. The van der Waals surface area contributed by atoms with E-state index in [9.17, 15) is 4.79 Å². The Labute approximate surface area is 101 Å². The average molecular weight is 233 g/mol. The number of aromatic amines is 1. The summed E-state index contributed by atoms with van der Waals surface area (Å²) in [5.41, 5.74) is 1.91. The van der Waals surface area contributed by atoms with E-state index in [1.807, 2.05) is 35.9 Å². The van der Waals surface area contributed by atoms with E-state index in [2.05, 4.69) is 17.2 Å². The number of fused-ring (bicyclic) bond motifs is 1. The Morgan fingerprint density at radius 2 is 2.18 bits per heavy atom. The van der Waals surface area contributed by atoms with Crippen LogP contribution < -0.4 is 11.0 Å². The molecule has 0 fully saturated rings. The Morgan fingerprint density at radius 3 is 2.88 bits per heavy atom. The minimum absolute atomic E-state index is 0.00541. The van der Waals surface area contributed by atoms with E-state index in [0.29, 0.717) is 0 Å². The minimum Gasteiger partial charge on any atom is -0.320 e. The lowest BCUT2D eigenvalue weighted by Gasteiger charge is -2.16. The van der Waals surface area contributed by atoms with Gasteiger partial charge in [-0.2, -0.15) is 0 Å². The first kappa shape index (κ1) is 11.9. The van der Waals surface area contributed by atoms with Crippen LogP contribution >= 0.6 is 0 Å². The van der Waals surface area contributed by atoms with Gasteiger partial charge in [0.25, 0.3) is 0 Å². The summed E-state index contributed by atoms with van der Waals surface area (Å²) in [6, 6.07) is 8.10. The number of aromatic nitrogens is 2. The predicted octanol–water partition coefficient (Wildman–Crippen LogP) is 1.89. The number of rotatable bonds is 5. The number of nitrogens with zero attached hydrogens (tertiary/aromatic N) is 1. The van der Waals surface area contributed by atoms with Crippen molar-refractivity contribution in [2.75, 3.05) is 13.6 Å². The highest BCUT2D eigenvalue weighted by molar-refractivity contribution is 5.75. The second kappa shape index (κ2) is 5.19. The summed E-state index contributed by atoms with van der Waals surface area (Å²) in [5.74, 6) is 0. The fourth-order valence-corrected chi connectivity index (χ4v) is 2.26. The molecule has 0 aliphatic carbocycles. The molecule has 0 aliphatic rings. The summed E-state index contributed by atoms with van der Waals surface area (Å²) in [5, 5.41) is 3.14. The normalized spacial score (nSPS) is 13.1. The van der Waals surface area contributed by atoms with Crippen LogP contribution in [-0.4, -0.2) is 23.1 Å². The molecule has 0 saturated carbocycles. The number of imidazole rings is 1. The maximum Gasteiger partial charge on any atom is 0.326 e. The van der Waals surface area contributed by atoms with Crippen LogP contribution in [0.15, 0.2) is 29.1 Å². The van der Waals surface area contributed by atoms with E-state index in [1.165, 1.54) is 0 Å². The number of para-hydroxylation sites is 2. The maximum absolute atomic E-state index is 12.0. The van der Waals surface area contributed by atoms with E-state index in [4.69, 9.17) is 0 Å². The van der Waals surface area contributed by atoms with Crippen molar-refractivity contribution in [1.29, 1.82) is 0 Å². The Balaban J connectivity index is 2.45. The highest BCUT2D eigenvalue weighted by Gasteiger charge is 2.14. The zero-order valence-corrected chi connectivity index (χ0v) is 10.4. The molecule has 0 bridgehead atoms. The first-order chi connectivity index (χ1) is 8.27. The van der Waals surface area contributed by atoms with E-state index < -0.39 is 0 Å². The van der Waals surface area contributed by atoms with Gasteiger partial charge >= 0.3 is 5.69 Å². The van der Waals surface area contributed by atoms with Gasteiger partial charge in [-0.25, -0.2) is 4.79 Å². The predicted molar refractivity (Wildman–Crippen MR) is 70.4 cm³/mol. The molecule has 17 heavy (non-hydrogen) atoms. The van der Waals surface area contributed by atoms with Gasteiger partial charge in [0.05, 0.1) is 11.0 Å². The summed E-state index contributed by atoms with van der Waals surface area (Å²) in [7, 11) is 1.94. The molecule has 0 spiro atoms. The summed E-state index contributed by atoms with van der Waals surface area (Å²) >= 11 is 0. The van der Waals surface area contributed by atoms with E-state index >= 15 is 0 Å². The zero-order chi connectivity index (χ0) is 12.3. The Kier molecular flexibility index (Phi) is 3.64. The molecule has 0 saturated heterocycles. The third-order valence-electron chi connectivity index (χ3n) is 3.19. The van der Waals surface area contributed by atoms with Gasteiger partial charge in [-0.05, 0) is 38.6 Å². The molecule has 0 aliphatic heterocycles. The molecule has 92 valence electrons. The highest BCUT2D eigenvalue weighted by Crippen LogP contribution is 2.19. The number of hydrogen-bond donors (Lipinski definition) is 2. The molecular weight excluding hydrogens is 214 g/mol. The molecule has 4 nitrogen and oxygen atoms in total. The Hall–Kier alpha value is -1.55. The second-order valence-corrected chi connectivity index (χ2v) is 4.27. The second-order valence-electron chi connectivity index (χ2n) is 4.27. The molecule has 0 radical (unpaired) electrons. The van der Waals surface area contributed by atoms with Crippen LogP contribution in [0.5, 0.6) is 0 Å². The maximum atomic E-state index is 12.0. The van der Waals surface area contributed by atoms with Crippen LogP contribution in [0.4, 0.5) is 0 Å². The van der Waals surface area contributed by atoms with Crippen LogP contribution in [0, 0.1) is 0 Å². The molecule has 1 unspecified atom stereocenters. The van der Waals surface area contributed by atoms with Crippen LogP contribution in [0.1, 0.15) is 25.8 Å². The number of benzene rings is 1. The topological polar surface area (TPSA) is 49.8 Å². The quantitative estimate of drug-likeness (QED) is 0.828. The smallest absolute Gasteiger partial charge is 0.320 e.